The number of hydrogen-bond donors (Lipinski definition) is 1. The summed E-state index contributed by atoms with van der Waals surface area (Å²) in [5, 5.41) is 4.14. The highest BCUT2D eigenvalue weighted by Gasteiger charge is 2.31. The van der Waals surface area contributed by atoms with Gasteiger partial charge in [-0.15, -0.1) is 11.8 Å². The lowest BCUT2D eigenvalue weighted by molar-refractivity contribution is 0.396. The highest BCUT2D eigenvalue weighted by molar-refractivity contribution is 8.00. The molecule has 1 aliphatic heterocycles. The first kappa shape index (κ1) is 11.0. The van der Waals surface area contributed by atoms with Crippen LogP contribution >= 0.6 is 11.8 Å². The summed E-state index contributed by atoms with van der Waals surface area (Å²) in [4.78, 5) is 1.49. The van der Waals surface area contributed by atoms with Gasteiger partial charge >= 0.3 is 0 Å². The van der Waals surface area contributed by atoms with Gasteiger partial charge in [-0.25, -0.2) is 0 Å². The Bertz CT molecular complexity index is 362. The number of rotatable bonds is 1. The van der Waals surface area contributed by atoms with Gasteiger partial charge in [0.1, 0.15) is 0 Å². The molecule has 0 saturated heterocycles. The molecule has 3 atom stereocenters. The molecule has 1 nitrogen and oxygen atoms in total. The third-order valence-corrected chi connectivity index (χ3v) is 5.05. The van der Waals surface area contributed by atoms with E-state index in [1.54, 1.807) is 0 Å². The van der Waals surface area contributed by atoms with Crippen LogP contribution in [0, 0.1) is 12.8 Å². The molecule has 0 aromatic heterocycles. The third kappa shape index (κ3) is 1.81. The molecule has 1 aromatic carbocycles. The Morgan fingerprint density at radius 2 is 2.00 bits per heavy atom. The van der Waals surface area contributed by atoms with Gasteiger partial charge in [-0.05, 0) is 31.0 Å². The molecular formula is C13H19NS. The molecule has 2 rings (SSSR count). The van der Waals surface area contributed by atoms with Crippen LogP contribution in [-0.2, 0) is 0 Å². The molecule has 1 N–H and O–H groups in total. The maximum atomic E-state index is 3.45. The molecule has 1 heterocycles. The summed E-state index contributed by atoms with van der Waals surface area (Å²) < 4.78 is 0. The second-order valence-corrected chi connectivity index (χ2v) is 5.83. The number of hydrogen-bond acceptors (Lipinski definition) is 2. The standard InChI is InChI=1S/C13H19NS/c1-8-6-5-7-11-12(14-4)9(2)10(3)15-13(8)11/h5-7,9-10,12,14H,1-4H3. The van der Waals surface area contributed by atoms with Crippen molar-refractivity contribution < 1.29 is 0 Å². The van der Waals surface area contributed by atoms with Crippen LogP contribution in [0.1, 0.15) is 31.0 Å². The number of nitrogens with one attached hydrogen (secondary N) is 1. The zero-order valence-corrected chi connectivity index (χ0v) is 10.7. The van der Waals surface area contributed by atoms with Crippen molar-refractivity contribution in [2.75, 3.05) is 7.05 Å². The molecule has 1 aromatic rings. The van der Waals surface area contributed by atoms with Crippen LogP contribution < -0.4 is 5.32 Å². The summed E-state index contributed by atoms with van der Waals surface area (Å²) in [6, 6.07) is 7.15. The van der Waals surface area contributed by atoms with Gasteiger partial charge in [0.15, 0.2) is 0 Å². The second-order valence-electron chi connectivity index (χ2n) is 4.44. The van der Waals surface area contributed by atoms with Crippen LogP contribution in [0.3, 0.4) is 0 Å². The zero-order chi connectivity index (χ0) is 11.0. The fraction of sp³-hybridized carbons (Fsp3) is 0.538. The van der Waals surface area contributed by atoms with Gasteiger partial charge in [-0.3, -0.25) is 0 Å². The van der Waals surface area contributed by atoms with E-state index in [0.29, 0.717) is 17.2 Å². The van der Waals surface area contributed by atoms with Crippen LogP contribution in [0.5, 0.6) is 0 Å². The predicted molar refractivity (Wildman–Crippen MR) is 67.5 cm³/mol. The van der Waals surface area contributed by atoms with Gasteiger partial charge < -0.3 is 5.32 Å². The maximum absolute atomic E-state index is 3.45. The van der Waals surface area contributed by atoms with E-state index in [-0.39, 0.29) is 0 Å². The first-order chi connectivity index (χ1) is 7.15. The van der Waals surface area contributed by atoms with Crippen molar-refractivity contribution in [3.8, 4) is 0 Å². The third-order valence-electron chi connectivity index (χ3n) is 3.46. The fourth-order valence-corrected chi connectivity index (χ4v) is 3.68. The minimum Gasteiger partial charge on any atom is -0.313 e. The van der Waals surface area contributed by atoms with E-state index < -0.39 is 0 Å². The Hall–Kier alpha value is -0.470. The zero-order valence-electron chi connectivity index (χ0n) is 9.87. The molecule has 1 aliphatic rings. The van der Waals surface area contributed by atoms with E-state index >= 15 is 0 Å². The first-order valence-electron chi connectivity index (χ1n) is 5.58. The average molecular weight is 221 g/mol. The smallest absolute Gasteiger partial charge is 0.0365 e. The van der Waals surface area contributed by atoms with E-state index in [2.05, 4.69) is 51.3 Å². The average Bonchev–Trinajstić information content (AvgIpc) is 2.22. The summed E-state index contributed by atoms with van der Waals surface area (Å²) in [5.74, 6) is 0.689. The summed E-state index contributed by atoms with van der Waals surface area (Å²) in [6.45, 7) is 6.88. The van der Waals surface area contributed by atoms with Crippen LogP contribution in [0.2, 0.25) is 0 Å². The van der Waals surface area contributed by atoms with Gasteiger partial charge in [-0.1, -0.05) is 32.0 Å². The first-order valence-corrected chi connectivity index (χ1v) is 6.46. The van der Waals surface area contributed by atoms with Crippen molar-refractivity contribution in [3.05, 3.63) is 29.3 Å². The van der Waals surface area contributed by atoms with E-state index in [1.165, 1.54) is 16.0 Å². The molecule has 2 heteroatoms. The molecule has 15 heavy (non-hydrogen) atoms. The predicted octanol–water partition coefficient (Wildman–Crippen LogP) is 3.39. The largest absolute Gasteiger partial charge is 0.313 e. The molecule has 82 valence electrons. The number of fused-ring (bicyclic) bond motifs is 1. The van der Waals surface area contributed by atoms with Gasteiger partial charge in [-0.2, -0.15) is 0 Å². The topological polar surface area (TPSA) is 12.0 Å². The Kier molecular flexibility index (Phi) is 3.08. The van der Waals surface area contributed by atoms with Crippen molar-refractivity contribution in [2.45, 2.75) is 37.0 Å². The Morgan fingerprint density at radius 1 is 1.27 bits per heavy atom. The van der Waals surface area contributed by atoms with Gasteiger partial charge in [0.25, 0.3) is 0 Å². The van der Waals surface area contributed by atoms with Crippen molar-refractivity contribution >= 4 is 11.8 Å². The van der Waals surface area contributed by atoms with E-state index in [4.69, 9.17) is 0 Å². The van der Waals surface area contributed by atoms with E-state index in [0.717, 1.165) is 0 Å². The minimum atomic E-state index is 0.510. The van der Waals surface area contributed by atoms with Crippen molar-refractivity contribution in [1.82, 2.24) is 5.32 Å². The highest BCUT2D eigenvalue weighted by Crippen LogP contribution is 2.45. The molecule has 0 spiro atoms. The molecule has 0 bridgehead atoms. The number of aryl methyl sites for hydroxylation is 1. The van der Waals surface area contributed by atoms with Crippen LogP contribution in [0.15, 0.2) is 23.1 Å². The molecule has 0 fully saturated rings. The Balaban J connectivity index is 2.49. The molecule has 0 radical (unpaired) electrons. The summed E-state index contributed by atoms with van der Waals surface area (Å²) in [5.41, 5.74) is 2.89. The lowest BCUT2D eigenvalue weighted by Crippen LogP contribution is -2.32. The minimum absolute atomic E-state index is 0.510. The fourth-order valence-electron chi connectivity index (χ4n) is 2.35. The molecule has 0 saturated carbocycles. The lowest BCUT2D eigenvalue weighted by atomic mass is 9.90. The van der Waals surface area contributed by atoms with E-state index in [1.807, 2.05) is 11.8 Å². The highest BCUT2D eigenvalue weighted by atomic mass is 32.2. The quantitative estimate of drug-likeness (QED) is 0.780. The SMILES string of the molecule is CNC1c2cccc(C)c2SC(C)C1C. The van der Waals surface area contributed by atoms with Crippen LogP contribution in [0.4, 0.5) is 0 Å². The maximum Gasteiger partial charge on any atom is 0.0365 e. The van der Waals surface area contributed by atoms with Crippen molar-refractivity contribution in [1.29, 1.82) is 0 Å². The molecule has 0 aliphatic carbocycles. The van der Waals surface area contributed by atoms with Crippen molar-refractivity contribution in [3.63, 3.8) is 0 Å². The Labute approximate surface area is 96.7 Å². The molecule has 3 unspecified atom stereocenters. The molecular weight excluding hydrogens is 202 g/mol. The van der Waals surface area contributed by atoms with Gasteiger partial charge in [0, 0.05) is 16.2 Å². The summed E-state index contributed by atoms with van der Waals surface area (Å²) in [7, 11) is 2.07. The summed E-state index contributed by atoms with van der Waals surface area (Å²) >= 11 is 2.03. The monoisotopic (exact) mass is 221 g/mol. The van der Waals surface area contributed by atoms with Gasteiger partial charge in [0.2, 0.25) is 0 Å². The van der Waals surface area contributed by atoms with Crippen LogP contribution in [0.25, 0.3) is 0 Å². The molecule has 0 amide bonds. The van der Waals surface area contributed by atoms with E-state index in [9.17, 15) is 0 Å². The lowest BCUT2D eigenvalue weighted by Gasteiger charge is -2.36. The van der Waals surface area contributed by atoms with Crippen molar-refractivity contribution in [2.24, 2.45) is 5.92 Å². The normalized spacial score (nSPS) is 30.0. The van der Waals surface area contributed by atoms with Gasteiger partial charge in [0.05, 0.1) is 0 Å². The number of benzene rings is 1. The summed E-state index contributed by atoms with van der Waals surface area (Å²) in [6.07, 6.45) is 0. The van der Waals surface area contributed by atoms with Crippen LogP contribution in [-0.4, -0.2) is 12.3 Å². The number of thioether (sulfide) groups is 1. The Morgan fingerprint density at radius 3 is 2.67 bits per heavy atom. The second kappa shape index (κ2) is 4.18.